The van der Waals surface area contributed by atoms with Crippen molar-refractivity contribution >= 4 is 22.6 Å². The number of aliphatic imine (C=N–C) groups is 1. The molecule has 2 nitrogen and oxygen atoms in total. The van der Waals surface area contributed by atoms with Gasteiger partial charge in [0, 0.05) is 0 Å². The number of hydrogen-bond acceptors (Lipinski definition) is 2. The van der Waals surface area contributed by atoms with Crippen molar-refractivity contribution in [1.29, 1.82) is 0 Å². The second kappa shape index (κ2) is 3.09. The number of allylic oxidation sites excluding steroid dienone is 1. The smallest absolute Gasteiger partial charge is 0.266 e. The molecule has 5 heteroatoms. The quantitative estimate of drug-likeness (QED) is 0.598. The molecule has 0 saturated carbocycles. The molecule has 0 amide bonds. The third-order valence-electron chi connectivity index (χ3n) is 1.16. The lowest BCUT2D eigenvalue weighted by Crippen LogP contribution is -2.15. The van der Waals surface area contributed by atoms with Gasteiger partial charge in [-0.3, -0.25) is 9.79 Å². The van der Waals surface area contributed by atoms with Crippen LogP contribution in [0.15, 0.2) is 16.6 Å². The molecule has 0 unspecified atom stereocenters. The molecule has 0 aromatic rings. The Labute approximate surface area is 66.6 Å². The zero-order valence-electron chi connectivity index (χ0n) is 5.35. The number of halogens is 3. The van der Waals surface area contributed by atoms with Crippen molar-refractivity contribution < 1.29 is 13.6 Å². The lowest BCUT2D eigenvalue weighted by molar-refractivity contribution is -0.113. The predicted octanol–water partition coefficient (Wildman–Crippen LogP) is 1.40. The zero-order valence-corrected chi connectivity index (χ0v) is 6.11. The molecule has 0 N–H and O–H groups in total. The standard InChI is InChI=1S/C6H4ClF2NO/c7-5-4(6(8)9)1-3(11)2-10-5/h1,6H,2H2. The van der Waals surface area contributed by atoms with Crippen molar-refractivity contribution in [2.24, 2.45) is 4.99 Å². The highest BCUT2D eigenvalue weighted by Crippen LogP contribution is 2.16. The molecule has 0 saturated heterocycles. The van der Waals surface area contributed by atoms with Crippen LogP contribution in [0.5, 0.6) is 0 Å². The van der Waals surface area contributed by atoms with E-state index in [1.807, 2.05) is 0 Å². The fourth-order valence-electron chi connectivity index (χ4n) is 0.670. The monoisotopic (exact) mass is 179 g/mol. The summed E-state index contributed by atoms with van der Waals surface area (Å²) in [5.74, 6) is -0.440. The molecule has 0 aliphatic carbocycles. The van der Waals surface area contributed by atoms with Crippen LogP contribution in [0.25, 0.3) is 0 Å². The van der Waals surface area contributed by atoms with Gasteiger partial charge in [-0.15, -0.1) is 0 Å². The summed E-state index contributed by atoms with van der Waals surface area (Å²) in [6.45, 7) is -0.130. The number of rotatable bonds is 1. The molecule has 0 radical (unpaired) electrons. The van der Waals surface area contributed by atoms with E-state index in [1.165, 1.54) is 0 Å². The minimum absolute atomic E-state index is 0.130. The summed E-state index contributed by atoms with van der Waals surface area (Å²) in [6.07, 6.45) is -1.89. The van der Waals surface area contributed by atoms with Gasteiger partial charge >= 0.3 is 0 Å². The summed E-state index contributed by atoms with van der Waals surface area (Å²) < 4.78 is 23.9. The van der Waals surface area contributed by atoms with E-state index in [4.69, 9.17) is 11.6 Å². The Bertz CT molecular complexity index is 247. The van der Waals surface area contributed by atoms with Crippen molar-refractivity contribution in [3.8, 4) is 0 Å². The maximum atomic E-state index is 12.0. The molecule has 0 spiro atoms. The summed E-state index contributed by atoms with van der Waals surface area (Å²) in [6, 6.07) is 0. The summed E-state index contributed by atoms with van der Waals surface area (Å²) in [7, 11) is 0. The number of hydrogen-bond donors (Lipinski definition) is 0. The first kappa shape index (κ1) is 8.33. The molecule has 1 aliphatic heterocycles. The first-order valence-corrected chi connectivity index (χ1v) is 3.22. The average molecular weight is 180 g/mol. The highest BCUT2D eigenvalue weighted by atomic mass is 35.5. The SMILES string of the molecule is O=C1C=C(C(F)F)C(Cl)=NC1. The molecular weight excluding hydrogens is 176 g/mol. The fraction of sp³-hybridized carbons (Fsp3) is 0.333. The molecule has 0 fully saturated rings. The minimum Gasteiger partial charge on any atom is -0.293 e. The average Bonchev–Trinajstić information content (AvgIpc) is 1.94. The topological polar surface area (TPSA) is 29.4 Å². The molecule has 60 valence electrons. The van der Waals surface area contributed by atoms with Gasteiger partial charge in [-0.05, 0) is 6.08 Å². The molecule has 11 heavy (non-hydrogen) atoms. The number of ketones is 1. The van der Waals surface area contributed by atoms with Crippen LogP contribution >= 0.6 is 11.6 Å². The maximum Gasteiger partial charge on any atom is 0.266 e. The third-order valence-corrected chi connectivity index (χ3v) is 1.50. The van der Waals surface area contributed by atoms with Gasteiger partial charge in [-0.25, -0.2) is 8.78 Å². The van der Waals surface area contributed by atoms with Crippen LogP contribution in [0.2, 0.25) is 0 Å². The number of carbonyl (C=O) groups excluding carboxylic acids is 1. The summed E-state index contributed by atoms with van der Waals surface area (Å²) in [5, 5.41) is -0.264. The lowest BCUT2D eigenvalue weighted by atomic mass is 10.2. The van der Waals surface area contributed by atoms with E-state index in [0.717, 1.165) is 6.08 Å². The van der Waals surface area contributed by atoms with E-state index >= 15 is 0 Å². The van der Waals surface area contributed by atoms with Crippen LogP contribution in [0.4, 0.5) is 8.78 Å². The first-order valence-electron chi connectivity index (χ1n) is 2.84. The molecule has 0 bridgehead atoms. The van der Waals surface area contributed by atoms with Gasteiger partial charge in [0.25, 0.3) is 6.43 Å². The number of dihydropyridines is 1. The number of alkyl halides is 2. The van der Waals surface area contributed by atoms with Crippen LogP contribution in [-0.4, -0.2) is 23.9 Å². The van der Waals surface area contributed by atoms with Crippen molar-refractivity contribution in [2.75, 3.05) is 6.54 Å². The van der Waals surface area contributed by atoms with E-state index < -0.39 is 17.8 Å². The van der Waals surface area contributed by atoms with Crippen molar-refractivity contribution in [1.82, 2.24) is 0 Å². The van der Waals surface area contributed by atoms with Gasteiger partial charge in [-0.1, -0.05) is 11.6 Å². The molecule has 1 aliphatic rings. The summed E-state index contributed by atoms with van der Waals surface area (Å²) in [4.78, 5) is 13.9. The summed E-state index contributed by atoms with van der Waals surface area (Å²) >= 11 is 5.29. The predicted molar refractivity (Wildman–Crippen MR) is 37.2 cm³/mol. The summed E-state index contributed by atoms with van der Waals surface area (Å²) in [5.41, 5.74) is -0.483. The minimum atomic E-state index is -2.73. The third kappa shape index (κ3) is 1.83. The van der Waals surface area contributed by atoms with Gasteiger partial charge in [0.05, 0.1) is 5.57 Å². The Morgan fingerprint density at radius 2 is 2.27 bits per heavy atom. The van der Waals surface area contributed by atoms with E-state index in [2.05, 4.69) is 4.99 Å². The van der Waals surface area contributed by atoms with E-state index in [9.17, 15) is 13.6 Å². The zero-order chi connectivity index (χ0) is 8.43. The molecule has 0 atom stereocenters. The number of carbonyl (C=O) groups is 1. The van der Waals surface area contributed by atoms with Crippen LogP contribution in [0.1, 0.15) is 0 Å². The van der Waals surface area contributed by atoms with Gasteiger partial charge in [0.2, 0.25) is 0 Å². The maximum absolute atomic E-state index is 12.0. The van der Waals surface area contributed by atoms with E-state index in [1.54, 1.807) is 0 Å². The van der Waals surface area contributed by atoms with E-state index in [-0.39, 0.29) is 11.7 Å². The Morgan fingerprint density at radius 1 is 1.64 bits per heavy atom. The van der Waals surface area contributed by atoms with Crippen molar-refractivity contribution in [3.63, 3.8) is 0 Å². The Kier molecular flexibility index (Phi) is 2.34. The molecule has 1 rings (SSSR count). The lowest BCUT2D eigenvalue weighted by Gasteiger charge is -2.07. The molecule has 0 aromatic heterocycles. The molecular formula is C6H4ClF2NO. The highest BCUT2D eigenvalue weighted by molar-refractivity contribution is 6.70. The van der Waals surface area contributed by atoms with Crippen molar-refractivity contribution in [2.45, 2.75) is 6.43 Å². The van der Waals surface area contributed by atoms with E-state index in [0.29, 0.717) is 0 Å². The second-order valence-corrected chi connectivity index (χ2v) is 2.33. The van der Waals surface area contributed by atoms with Crippen LogP contribution < -0.4 is 0 Å². The largest absolute Gasteiger partial charge is 0.293 e. The van der Waals surface area contributed by atoms with Gasteiger partial charge in [0.1, 0.15) is 11.7 Å². The van der Waals surface area contributed by atoms with Crippen molar-refractivity contribution in [3.05, 3.63) is 11.6 Å². The highest BCUT2D eigenvalue weighted by Gasteiger charge is 2.20. The van der Waals surface area contributed by atoms with Crippen LogP contribution in [0.3, 0.4) is 0 Å². The Balaban J connectivity index is 2.90. The Morgan fingerprint density at radius 3 is 2.73 bits per heavy atom. The van der Waals surface area contributed by atoms with Crippen LogP contribution in [0, 0.1) is 0 Å². The van der Waals surface area contributed by atoms with Gasteiger partial charge < -0.3 is 0 Å². The van der Waals surface area contributed by atoms with Gasteiger partial charge in [-0.2, -0.15) is 0 Å². The van der Waals surface area contributed by atoms with Gasteiger partial charge in [0.15, 0.2) is 5.78 Å². The Hall–Kier alpha value is -0.770. The molecule has 0 aromatic carbocycles. The first-order chi connectivity index (χ1) is 5.11. The molecule has 1 heterocycles. The normalized spacial score (nSPS) is 18.4. The second-order valence-electron chi connectivity index (χ2n) is 1.97. The number of nitrogens with zero attached hydrogens (tertiary/aromatic N) is 1. The fourth-order valence-corrected chi connectivity index (χ4v) is 0.867. The van der Waals surface area contributed by atoms with Crippen LogP contribution in [-0.2, 0) is 4.79 Å².